The van der Waals surface area contributed by atoms with Crippen LogP contribution in [0.5, 0.6) is 0 Å². The van der Waals surface area contributed by atoms with Crippen LogP contribution in [0.4, 0.5) is 0 Å². The largest absolute Gasteiger partial charge is 0.381 e. The fourth-order valence-corrected chi connectivity index (χ4v) is 1.86. The van der Waals surface area contributed by atoms with Gasteiger partial charge in [0.05, 0.1) is 0 Å². The van der Waals surface area contributed by atoms with Gasteiger partial charge in [-0.25, -0.2) is 0 Å². The summed E-state index contributed by atoms with van der Waals surface area (Å²) >= 11 is 6.14. The second-order valence-corrected chi connectivity index (χ2v) is 4.41. The van der Waals surface area contributed by atoms with E-state index in [0.29, 0.717) is 0 Å². The van der Waals surface area contributed by atoms with Crippen molar-refractivity contribution in [1.82, 2.24) is 0 Å². The standard InChI is InChI=1S/C16H13ClO/c1-12(18)6-7-13-8-10-14(11-9-13)15-4-2-3-5-16(15)17/h2-5,8-12,18H,1H3. The van der Waals surface area contributed by atoms with E-state index in [-0.39, 0.29) is 0 Å². The van der Waals surface area contributed by atoms with Crippen LogP contribution in [0.15, 0.2) is 48.5 Å². The van der Waals surface area contributed by atoms with Gasteiger partial charge in [-0.15, -0.1) is 0 Å². The highest BCUT2D eigenvalue weighted by Crippen LogP contribution is 2.27. The molecule has 0 amide bonds. The quantitative estimate of drug-likeness (QED) is 0.771. The van der Waals surface area contributed by atoms with Crippen molar-refractivity contribution in [2.75, 3.05) is 0 Å². The maximum Gasteiger partial charge on any atom is 0.112 e. The lowest BCUT2D eigenvalue weighted by atomic mass is 10.0. The minimum atomic E-state index is -0.603. The predicted molar refractivity (Wildman–Crippen MR) is 75.4 cm³/mol. The molecule has 1 unspecified atom stereocenters. The lowest BCUT2D eigenvalue weighted by molar-refractivity contribution is 0.253. The number of hydrogen-bond donors (Lipinski definition) is 1. The van der Waals surface area contributed by atoms with E-state index in [4.69, 9.17) is 16.7 Å². The van der Waals surface area contributed by atoms with Gasteiger partial charge >= 0.3 is 0 Å². The van der Waals surface area contributed by atoms with Crippen LogP contribution in [-0.2, 0) is 0 Å². The molecule has 0 spiro atoms. The van der Waals surface area contributed by atoms with Gasteiger partial charge in [0.2, 0.25) is 0 Å². The van der Waals surface area contributed by atoms with E-state index in [0.717, 1.165) is 21.7 Å². The lowest BCUT2D eigenvalue weighted by Gasteiger charge is -2.03. The van der Waals surface area contributed by atoms with Gasteiger partial charge in [-0.05, 0) is 30.7 Å². The van der Waals surface area contributed by atoms with Crippen LogP contribution in [0.1, 0.15) is 12.5 Å². The molecule has 18 heavy (non-hydrogen) atoms. The summed E-state index contributed by atoms with van der Waals surface area (Å²) in [6.07, 6.45) is -0.603. The zero-order valence-electron chi connectivity index (χ0n) is 10.0. The van der Waals surface area contributed by atoms with Crippen molar-refractivity contribution in [2.24, 2.45) is 0 Å². The first-order valence-electron chi connectivity index (χ1n) is 5.71. The van der Waals surface area contributed by atoms with Crippen LogP contribution in [0.2, 0.25) is 5.02 Å². The smallest absolute Gasteiger partial charge is 0.112 e. The van der Waals surface area contributed by atoms with E-state index in [1.807, 2.05) is 48.5 Å². The molecule has 0 bridgehead atoms. The van der Waals surface area contributed by atoms with Crippen LogP contribution in [0.3, 0.4) is 0 Å². The minimum absolute atomic E-state index is 0.603. The molecule has 1 N–H and O–H groups in total. The zero-order valence-corrected chi connectivity index (χ0v) is 10.8. The summed E-state index contributed by atoms with van der Waals surface area (Å²) in [5, 5.41) is 9.83. The Labute approximate surface area is 112 Å². The molecule has 90 valence electrons. The predicted octanol–water partition coefficient (Wildman–Crippen LogP) is 3.74. The minimum Gasteiger partial charge on any atom is -0.381 e. The summed E-state index contributed by atoms with van der Waals surface area (Å²) in [6.45, 7) is 1.64. The third-order valence-corrected chi connectivity index (χ3v) is 2.82. The number of rotatable bonds is 1. The molecule has 2 rings (SSSR count). The van der Waals surface area contributed by atoms with Crippen molar-refractivity contribution in [3.63, 3.8) is 0 Å². The molecule has 0 aliphatic heterocycles. The molecule has 0 aliphatic rings. The third-order valence-electron chi connectivity index (χ3n) is 2.50. The van der Waals surface area contributed by atoms with Crippen LogP contribution < -0.4 is 0 Å². The van der Waals surface area contributed by atoms with Crippen LogP contribution in [0, 0.1) is 11.8 Å². The van der Waals surface area contributed by atoms with E-state index >= 15 is 0 Å². The van der Waals surface area contributed by atoms with Gasteiger partial charge in [0.1, 0.15) is 6.10 Å². The maximum absolute atomic E-state index is 9.09. The Hall–Kier alpha value is -1.75. The Kier molecular flexibility index (Phi) is 4.04. The van der Waals surface area contributed by atoms with Crippen LogP contribution in [-0.4, -0.2) is 11.2 Å². The zero-order chi connectivity index (χ0) is 13.0. The Balaban J connectivity index is 2.29. The summed E-state index contributed by atoms with van der Waals surface area (Å²) < 4.78 is 0. The van der Waals surface area contributed by atoms with Crippen molar-refractivity contribution in [3.8, 4) is 23.0 Å². The van der Waals surface area contributed by atoms with E-state index in [1.54, 1.807) is 6.92 Å². The SMILES string of the molecule is CC(O)C#Cc1ccc(-c2ccccc2Cl)cc1. The summed E-state index contributed by atoms with van der Waals surface area (Å²) in [7, 11) is 0. The Bertz CT molecular complexity index is 588. The Morgan fingerprint density at radius 1 is 1.06 bits per heavy atom. The highest BCUT2D eigenvalue weighted by Gasteiger charge is 2.01. The second-order valence-electron chi connectivity index (χ2n) is 4.00. The molecular weight excluding hydrogens is 244 g/mol. The van der Waals surface area contributed by atoms with Crippen molar-refractivity contribution >= 4 is 11.6 Å². The first-order valence-corrected chi connectivity index (χ1v) is 6.09. The van der Waals surface area contributed by atoms with Crippen molar-refractivity contribution in [1.29, 1.82) is 0 Å². The van der Waals surface area contributed by atoms with Gasteiger partial charge < -0.3 is 5.11 Å². The fourth-order valence-electron chi connectivity index (χ4n) is 1.62. The van der Waals surface area contributed by atoms with Crippen molar-refractivity contribution in [2.45, 2.75) is 13.0 Å². The van der Waals surface area contributed by atoms with E-state index < -0.39 is 6.10 Å². The summed E-state index contributed by atoms with van der Waals surface area (Å²) in [5.41, 5.74) is 2.95. The molecule has 2 aromatic rings. The molecule has 1 nitrogen and oxygen atoms in total. The monoisotopic (exact) mass is 256 g/mol. The van der Waals surface area contributed by atoms with E-state index in [2.05, 4.69) is 11.8 Å². The van der Waals surface area contributed by atoms with Crippen LogP contribution >= 0.6 is 11.6 Å². The lowest BCUT2D eigenvalue weighted by Crippen LogP contribution is -1.92. The fraction of sp³-hybridized carbons (Fsp3) is 0.125. The Morgan fingerprint density at radius 3 is 2.33 bits per heavy atom. The third kappa shape index (κ3) is 3.13. The van der Waals surface area contributed by atoms with Crippen molar-refractivity contribution in [3.05, 3.63) is 59.1 Å². The molecule has 1 atom stereocenters. The first kappa shape index (κ1) is 12.7. The molecule has 0 heterocycles. The van der Waals surface area contributed by atoms with E-state index in [9.17, 15) is 0 Å². The number of aliphatic hydroxyl groups is 1. The van der Waals surface area contributed by atoms with Crippen LogP contribution in [0.25, 0.3) is 11.1 Å². The first-order chi connectivity index (χ1) is 8.66. The van der Waals surface area contributed by atoms with Gasteiger partial charge in [-0.1, -0.05) is 53.8 Å². The van der Waals surface area contributed by atoms with Gasteiger partial charge in [0.15, 0.2) is 0 Å². The molecule has 0 aliphatic carbocycles. The van der Waals surface area contributed by atoms with Gasteiger partial charge in [-0.2, -0.15) is 0 Å². The summed E-state index contributed by atoms with van der Waals surface area (Å²) in [5.74, 6) is 5.62. The highest BCUT2D eigenvalue weighted by molar-refractivity contribution is 6.33. The maximum atomic E-state index is 9.09. The molecule has 0 aromatic heterocycles. The number of hydrogen-bond acceptors (Lipinski definition) is 1. The van der Waals surface area contributed by atoms with Crippen molar-refractivity contribution < 1.29 is 5.11 Å². The normalized spacial score (nSPS) is 11.5. The summed E-state index contributed by atoms with van der Waals surface area (Å²) in [4.78, 5) is 0. The molecular formula is C16H13ClO. The van der Waals surface area contributed by atoms with Gasteiger partial charge in [0, 0.05) is 16.1 Å². The second kappa shape index (κ2) is 5.73. The van der Waals surface area contributed by atoms with Gasteiger partial charge in [-0.3, -0.25) is 0 Å². The summed E-state index contributed by atoms with van der Waals surface area (Å²) in [6, 6.07) is 15.5. The van der Waals surface area contributed by atoms with Gasteiger partial charge in [0.25, 0.3) is 0 Å². The average Bonchev–Trinajstić information content (AvgIpc) is 2.38. The Morgan fingerprint density at radius 2 is 1.72 bits per heavy atom. The van der Waals surface area contributed by atoms with E-state index in [1.165, 1.54) is 0 Å². The number of benzene rings is 2. The molecule has 2 aromatic carbocycles. The number of halogens is 1. The molecule has 0 fully saturated rings. The average molecular weight is 257 g/mol. The molecule has 0 saturated heterocycles. The highest BCUT2D eigenvalue weighted by atomic mass is 35.5. The molecule has 0 radical (unpaired) electrons. The molecule has 2 heteroatoms. The molecule has 0 saturated carbocycles. The topological polar surface area (TPSA) is 20.2 Å². The number of aliphatic hydroxyl groups excluding tert-OH is 1.